The molecule has 0 atom stereocenters. The highest BCUT2D eigenvalue weighted by Crippen LogP contribution is 2.23. The van der Waals surface area contributed by atoms with Crippen LogP contribution < -0.4 is 10.7 Å². The van der Waals surface area contributed by atoms with Crippen molar-refractivity contribution in [2.24, 2.45) is 0 Å². The molecule has 4 nitrogen and oxygen atoms in total. The minimum absolute atomic E-state index is 0.203. The zero-order valence-electron chi connectivity index (χ0n) is 18.6. The highest BCUT2D eigenvalue weighted by Gasteiger charge is 2.19. The summed E-state index contributed by atoms with van der Waals surface area (Å²) in [5.74, 6) is -0.349. The Kier molecular flexibility index (Phi) is 7.34. The number of amides is 1. The maximum Gasteiger partial charge on any atom is 0.261 e. The maximum atomic E-state index is 13.2. The third-order valence-corrected chi connectivity index (χ3v) is 6.03. The van der Waals surface area contributed by atoms with Crippen molar-refractivity contribution in [3.05, 3.63) is 97.4 Å². The Hall–Kier alpha value is -2.85. The molecule has 31 heavy (non-hydrogen) atoms. The molecule has 1 N–H and O–H groups in total. The average molecular weight is 437 g/mol. The zero-order valence-corrected chi connectivity index (χ0v) is 19.3. The number of nitrogens with one attached hydrogen (secondary N) is 1. The predicted molar refractivity (Wildman–Crippen MR) is 128 cm³/mol. The van der Waals surface area contributed by atoms with Gasteiger partial charge < -0.3 is 9.88 Å². The van der Waals surface area contributed by atoms with Gasteiger partial charge in [-0.3, -0.25) is 9.59 Å². The number of anilines is 1. The standard InChI is InChI=1S/C26H29ClN2O2/c1-5-20-8-7-9-21(6-2)25(20)28-26(31)24-18(4)29(17(3)16-23(24)30)15-14-19-10-12-22(27)13-11-19/h7-13,16H,5-6,14-15H2,1-4H3,(H,28,31). The second-order valence-corrected chi connectivity index (χ2v) is 8.19. The molecule has 162 valence electrons. The molecule has 0 saturated heterocycles. The maximum absolute atomic E-state index is 13.2. The summed E-state index contributed by atoms with van der Waals surface area (Å²) < 4.78 is 2.04. The Labute approximate surface area is 188 Å². The molecule has 0 spiro atoms. The molecule has 1 aromatic heterocycles. The fourth-order valence-electron chi connectivity index (χ4n) is 4.01. The lowest BCUT2D eigenvalue weighted by atomic mass is 10.0. The normalized spacial score (nSPS) is 10.9. The van der Waals surface area contributed by atoms with Gasteiger partial charge in [-0.05, 0) is 61.9 Å². The Morgan fingerprint density at radius 1 is 1.00 bits per heavy atom. The summed E-state index contributed by atoms with van der Waals surface area (Å²) in [5.41, 5.74) is 5.60. The van der Waals surface area contributed by atoms with Crippen molar-refractivity contribution in [1.82, 2.24) is 4.57 Å². The molecule has 0 saturated carbocycles. The smallest absolute Gasteiger partial charge is 0.261 e. The fourth-order valence-corrected chi connectivity index (χ4v) is 4.13. The number of benzene rings is 2. The van der Waals surface area contributed by atoms with Crippen molar-refractivity contribution in [2.45, 2.75) is 53.5 Å². The first-order chi connectivity index (χ1) is 14.8. The van der Waals surface area contributed by atoms with E-state index in [0.717, 1.165) is 47.3 Å². The van der Waals surface area contributed by atoms with Gasteiger partial charge in [-0.15, -0.1) is 0 Å². The van der Waals surface area contributed by atoms with Gasteiger partial charge in [0, 0.05) is 34.7 Å². The molecule has 1 heterocycles. The number of nitrogens with zero attached hydrogens (tertiary/aromatic N) is 1. The average Bonchev–Trinajstić information content (AvgIpc) is 2.74. The van der Waals surface area contributed by atoms with E-state index in [4.69, 9.17) is 11.6 Å². The number of hydrogen-bond donors (Lipinski definition) is 1. The van der Waals surface area contributed by atoms with Crippen LogP contribution in [-0.2, 0) is 25.8 Å². The zero-order chi connectivity index (χ0) is 22.5. The van der Waals surface area contributed by atoms with E-state index >= 15 is 0 Å². The lowest BCUT2D eigenvalue weighted by molar-refractivity contribution is 0.102. The molecule has 0 aliphatic carbocycles. The molecule has 1 amide bonds. The monoisotopic (exact) mass is 436 g/mol. The van der Waals surface area contributed by atoms with Crippen LogP contribution in [0.5, 0.6) is 0 Å². The number of rotatable bonds is 7. The van der Waals surface area contributed by atoms with Gasteiger partial charge >= 0.3 is 0 Å². The van der Waals surface area contributed by atoms with Gasteiger partial charge in [0.1, 0.15) is 5.56 Å². The first-order valence-corrected chi connectivity index (χ1v) is 11.1. The Bertz CT molecular complexity index is 1130. The Balaban J connectivity index is 1.93. The molecule has 0 bridgehead atoms. The molecule has 0 radical (unpaired) electrons. The van der Waals surface area contributed by atoms with Crippen LogP contribution in [0.25, 0.3) is 0 Å². The Morgan fingerprint density at radius 3 is 2.19 bits per heavy atom. The van der Waals surface area contributed by atoms with Gasteiger partial charge in [0.15, 0.2) is 5.43 Å². The molecule has 3 aromatic rings. The highest BCUT2D eigenvalue weighted by atomic mass is 35.5. The number of pyridine rings is 1. The molecular weight excluding hydrogens is 408 g/mol. The number of para-hydroxylation sites is 1. The SMILES string of the molecule is CCc1cccc(CC)c1NC(=O)c1c(C)n(CCc2ccc(Cl)cc2)c(C)cc1=O. The molecule has 2 aromatic carbocycles. The van der Waals surface area contributed by atoms with Crippen LogP contribution in [-0.4, -0.2) is 10.5 Å². The molecular formula is C26H29ClN2O2. The van der Waals surface area contributed by atoms with Crippen LogP contribution in [0.15, 0.2) is 53.3 Å². The van der Waals surface area contributed by atoms with Crippen molar-refractivity contribution in [2.75, 3.05) is 5.32 Å². The van der Waals surface area contributed by atoms with Crippen molar-refractivity contribution in [3.63, 3.8) is 0 Å². The van der Waals surface area contributed by atoms with Gasteiger partial charge in [0.2, 0.25) is 0 Å². The second kappa shape index (κ2) is 9.97. The highest BCUT2D eigenvalue weighted by molar-refractivity contribution is 6.30. The summed E-state index contributed by atoms with van der Waals surface area (Å²) in [4.78, 5) is 26.0. The quantitative estimate of drug-likeness (QED) is 0.513. The summed E-state index contributed by atoms with van der Waals surface area (Å²) in [6, 6.07) is 15.3. The van der Waals surface area contributed by atoms with E-state index in [-0.39, 0.29) is 16.9 Å². The third kappa shape index (κ3) is 5.08. The number of carbonyl (C=O) groups is 1. The van der Waals surface area contributed by atoms with E-state index in [1.165, 1.54) is 0 Å². The first-order valence-electron chi connectivity index (χ1n) is 10.7. The van der Waals surface area contributed by atoms with Gasteiger partial charge in [-0.1, -0.05) is 55.8 Å². The predicted octanol–water partition coefficient (Wildman–Crippen LogP) is 5.74. The minimum atomic E-state index is -0.349. The van der Waals surface area contributed by atoms with Crippen LogP contribution in [0.3, 0.4) is 0 Å². The van der Waals surface area contributed by atoms with Gasteiger partial charge in [-0.2, -0.15) is 0 Å². The largest absolute Gasteiger partial charge is 0.348 e. The van der Waals surface area contributed by atoms with Crippen molar-refractivity contribution in [3.8, 4) is 0 Å². The summed E-state index contributed by atoms with van der Waals surface area (Å²) >= 11 is 5.98. The van der Waals surface area contributed by atoms with Crippen molar-refractivity contribution < 1.29 is 4.79 Å². The van der Waals surface area contributed by atoms with E-state index in [1.54, 1.807) is 6.07 Å². The summed E-state index contributed by atoms with van der Waals surface area (Å²) in [6.07, 6.45) is 2.39. The van der Waals surface area contributed by atoms with E-state index in [0.29, 0.717) is 17.3 Å². The summed E-state index contributed by atoms with van der Waals surface area (Å²) in [5, 5.41) is 3.74. The van der Waals surface area contributed by atoms with Crippen LogP contribution >= 0.6 is 11.6 Å². The molecule has 5 heteroatoms. The van der Waals surface area contributed by atoms with Crippen LogP contribution in [0.4, 0.5) is 5.69 Å². The van der Waals surface area contributed by atoms with Crippen molar-refractivity contribution >= 4 is 23.2 Å². The lowest BCUT2D eigenvalue weighted by Gasteiger charge is -2.19. The minimum Gasteiger partial charge on any atom is -0.348 e. The van der Waals surface area contributed by atoms with Gasteiger partial charge in [-0.25, -0.2) is 0 Å². The fraction of sp³-hybridized carbons (Fsp3) is 0.308. The van der Waals surface area contributed by atoms with Crippen LogP contribution in [0.2, 0.25) is 5.02 Å². The van der Waals surface area contributed by atoms with E-state index < -0.39 is 0 Å². The summed E-state index contributed by atoms with van der Waals surface area (Å²) in [6.45, 7) is 8.54. The molecule has 0 unspecified atom stereocenters. The van der Waals surface area contributed by atoms with Crippen LogP contribution in [0.1, 0.15) is 52.3 Å². The topological polar surface area (TPSA) is 51.1 Å². The van der Waals surface area contributed by atoms with Crippen molar-refractivity contribution in [1.29, 1.82) is 0 Å². The third-order valence-electron chi connectivity index (χ3n) is 5.78. The number of aryl methyl sites for hydroxylation is 4. The number of aromatic nitrogens is 1. The van der Waals surface area contributed by atoms with Gasteiger partial charge in [0.05, 0.1) is 0 Å². The number of halogens is 1. The van der Waals surface area contributed by atoms with E-state index in [9.17, 15) is 9.59 Å². The van der Waals surface area contributed by atoms with E-state index in [2.05, 4.69) is 19.2 Å². The summed E-state index contributed by atoms with van der Waals surface area (Å²) in [7, 11) is 0. The number of hydrogen-bond acceptors (Lipinski definition) is 2. The lowest BCUT2D eigenvalue weighted by Crippen LogP contribution is -2.28. The molecule has 0 aliphatic rings. The van der Waals surface area contributed by atoms with Crippen LogP contribution in [0, 0.1) is 13.8 Å². The molecule has 3 rings (SSSR count). The Morgan fingerprint density at radius 2 is 1.61 bits per heavy atom. The van der Waals surface area contributed by atoms with Gasteiger partial charge in [0.25, 0.3) is 5.91 Å². The second-order valence-electron chi connectivity index (χ2n) is 7.75. The molecule has 0 fully saturated rings. The molecule has 0 aliphatic heterocycles. The number of carbonyl (C=O) groups excluding carboxylic acids is 1. The van der Waals surface area contributed by atoms with E-state index in [1.807, 2.05) is 60.9 Å². The first kappa shape index (κ1) is 22.8.